The monoisotopic (exact) mass is 337 g/mol. The lowest BCUT2D eigenvalue weighted by Crippen LogP contribution is -2.38. The quantitative estimate of drug-likeness (QED) is 0.922. The first-order valence-corrected chi connectivity index (χ1v) is 8.35. The summed E-state index contributed by atoms with van der Waals surface area (Å²) >= 11 is 3.60. The largest absolute Gasteiger partial charge is 0.493 e. The third-order valence-corrected chi connectivity index (χ3v) is 5.44. The van der Waals surface area contributed by atoms with Gasteiger partial charge in [0.25, 0.3) is 0 Å². The molecule has 4 heteroatoms. The Morgan fingerprint density at radius 3 is 3.00 bits per heavy atom. The molecule has 3 nitrogen and oxygen atoms in total. The Kier molecular flexibility index (Phi) is 3.28. The van der Waals surface area contributed by atoms with E-state index >= 15 is 0 Å². The van der Waals surface area contributed by atoms with Crippen LogP contribution >= 0.6 is 15.9 Å². The predicted octanol–water partition coefficient (Wildman–Crippen LogP) is 2.82. The van der Waals surface area contributed by atoms with E-state index in [9.17, 15) is 0 Å². The van der Waals surface area contributed by atoms with Gasteiger partial charge in [0.1, 0.15) is 5.75 Å². The summed E-state index contributed by atoms with van der Waals surface area (Å²) < 4.78 is 12.9. The van der Waals surface area contributed by atoms with Gasteiger partial charge < -0.3 is 15.2 Å². The van der Waals surface area contributed by atoms with Gasteiger partial charge in [0.05, 0.1) is 18.8 Å². The highest BCUT2D eigenvalue weighted by molar-refractivity contribution is 9.10. The summed E-state index contributed by atoms with van der Waals surface area (Å²) in [6.07, 6.45) is 6.33. The van der Waals surface area contributed by atoms with Crippen LogP contribution in [0.1, 0.15) is 30.4 Å². The van der Waals surface area contributed by atoms with Crippen molar-refractivity contribution in [3.05, 3.63) is 27.7 Å². The first-order chi connectivity index (χ1) is 9.70. The second-order valence-electron chi connectivity index (χ2n) is 6.29. The highest BCUT2D eigenvalue weighted by atomic mass is 79.9. The molecule has 4 atom stereocenters. The van der Waals surface area contributed by atoms with Gasteiger partial charge in [-0.05, 0) is 48.9 Å². The molecule has 0 radical (unpaired) electrons. The normalized spacial score (nSPS) is 32.2. The number of nitrogens with two attached hydrogens (primary N) is 1. The lowest BCUT2D eigenvalue weighted by Gasteiger charge is -2.26. The van der Waals surface area contributed by atoms with Crippen LogP contribution in [0, 0.1) is 5.92 Å². The number of hydrogen-bond acceptors (Lipinski definition) is 3. The smallest absolute Gasteiger partial charge is 0.125 e. The van der Waals surface area contributed by atoms with Crippen molar-refractivity contribution in [1.82, 2.24) is 0 Å². The molecule has 4 unspecified atom stereocenters. The predicted molar refractivity (Wildman–Crippen MR) is 81.0 cm³/mol. The lowest BCUT2D eigenvalue weighted by atomic mass is 9.81. The molecule has 0 aliphatic carbocycles. The summed E-state index contributed by atoms with van der Waals surface area (Å²) in [6.45, 7) is 0.797. The van der Waals surface area contributed by atoms with Gasteiger partial charge in [-0.25, -0.2) is 0 Å². The molecule has 3 heterocycles. The summed E-state index contributed by atoms with van der Waals surface area (Å²) in [4.78, 5) is 0. The van der Waals surface area contributed by atoms with Gasteiger partial charge in [-0.15, -0.1) is 0 Å². The van der Waals surface area contributed by atoms with Crippen LogP contribution in [0.3, 0.4) is 0 Å². The molecule has 1 aromatic carbocycles. The fraction of sp³-hybridized carbons (Fsp3) is 0.625. The topological polar surface area (TPSA) is 44.5 Å². The number of halogens is 1. The van der Waals surface area contributed by atoms with Gasteiger partial charge in [0, 0.05) is 22.9 Å². The van der Waals surface area contributed by atoms with Crippen molar-refractivity contribution in [2.24, 2.45) is 11.7 Å². The van der Waals surface area contributed by atoms with Crippen molar-refractivity contribution < 1.29 is 9.47 Å². The van der Waals surface area contributed by atoms with Gasteiger partial charge in [0.2, 0.25) is 0 Å². The van der Waals surface area contributed by atoms with Crippen molar-refractivity contribution in [3.8, 4) is 5.75 Å². The van der Waals surface area contributed by atoms with E-state index in [4.69, 9.17) is 15.2 Å². The maximum absolute atomic E-state index is 6.49. The first-order valence-electron chi connectivity index (χ1n) is 7.56. The van der Waals surface area contributed by atoms with Crippen molar-refractivity contribution in [2.75, 3.05) is 6.61 Å². The summed E-state index contributed by atoms with van der Waals surface area (Å²) in [6, 6.07) is 4.50. The maximum Gasteiger partial charge on any atom is 0.125 e. The highest BCUT2D eigenvalue weighted by Crippen LogP contribution is 2.41. The van der Waals surface area contributed by atoms with Gasteiger partial charge in [-0.2, -0.15) is 0 Å². The maximum atomic E-state index is 6.49. The van der Waals surface area contributed by atoms with Crippen molar-refractivity contribution in [1.29, 1.82) is 0 Å². The molecule has 0 aromatic heterocycles. The Hall–Kier alpha value is -0.580. The number of ether oxygens (including phenoxy) is 2. The molecular formula is C16H20BrNO2. The molecule has 0 spiro atoms. The molecule has 1 aromatic rings. The van der Waals surface area contributed by atoms with E-state index in [1.165, 1.54) is 24.0 Å². The van der Waals surface area contributed by atoms with E-state index in [1.54, 1.807) is 0 Å². The van der Waals surface area contributed by atoms with E-state index in [0.29, 0.717) is 18.1 Å². The van der Waals surface area contributed by atoms with Crippen LogP contribution < -0.4 is 10.5 Å². The third kappa shape index (κ3) is 2.18. The molecule has 3 aliphatic heterocycles. The van der Waals surface area contributed by atoms with Crippen LogP contribution in [0.15, 0.2) is 16.6 Å². The zero-order chi connectivity index (χ0) is 13.7. The van der Waals surface area contributed by atoms with Crippen LogP contribution in [0.25, 0.3) is 0 Å². The molecular weight excluding hydrogens is 318 g/mol. The van der Waals surface area contributed by atoms with Crippen LogP contribution in [0.2, 0.25) is 0 Å². The first kappa shape index (κ1) is 13.1. The van der Waals surface area contributed by atoms with Crippen molar-refractivity contribution in [3.63, 3.8) is 0 Å². The summed E-state index contributed by atoms with van der Waals surface area (Å²) in [7, 11) is 0. The minimum Gasteiger partial charge on any atom is -0.493 e. The summed E-state index contributed by atoms with van der Waals surface area (Å²) in [5, 5.41) is 0. The molecule has 0 amide bonds. The Bertz CT molecular complexity index is 533. The molecule has 3 aliphatic rings. The average molecular weight is 338 g/mol. The Labute approximate surface area is 127 Å². The molecule has 2 saturated heterocycles. The molecule has 4 rings (SSSR count). The Balaban J connectivity index is 1.54. The van der Waals surface area contributed by atoms with Crippen LogP contribution in [-0.2, 0) is 17.6 Å². The van der Waals surface area contributed by atoms with Crippen molar-refractivity contribution in [2.45, 2.75) is 50.4 Å². The van der Waals surface area contributed by atoms with Crippen LogP contribution in [-0.4, -0.2) is 24.9 Å². The average Bonchev–Trinajstić information content (AvgIpc) is 3.13. The Morgan fingerprint density at radius 2 is 2.25 bits per heavy atom. The number of hydrogen-bond donors (Lipinski definition) is 1. The summed E-state index contributed by atoms with van der Waals surface area (Å²) in [5.74, 6) is 1.59. The fourth-order valence-corrected chi connectivity index (χ4v) is 4.58. The minimum atomic E-state index is 0.174. The second-order valence-corrected chi connectivity index (χ2v) is 7.21. The molecule has 108 valence electrons. The van der Waals surface area contributed by atoms with Gasteiger partial charge in [0.15, 0.2) is 0 Å². The molecule has 20 heavy (non-hydrogen) atoms. The molecule has 0 saturated carbocycles. The van der Waals surface area contributed by atoms with Crippen LogP contribution in [0.4, 0.5) is 0 Å². The summed E-state index contributed by atoms with van der Waals surface area (Å²) in [5.41, 5.74) is 9.05. The van der Waals surface area contributed by atoms with Gasteiger partial charge >= 0.3 is 0 Å². The van der Waals surface area contributed by atoms with E-state index in [-0.39, 0.29) is 6.04 Å². The zero-order valence-corrected chi connectivity index (χ0v) is 13.1. The Morgan fingerprint density at radius 1 is 1.35 bits per heavy atom. The van der Waals surface area contributed by atoms with E-state index in [2.05, 4.69) is 28.1 Å². The van der Waals surface area contributed by atoms with E-state index in [1.807, 2.05) is 0 Å². The number of rotatable bonds is 3. The van der Waals surface area contributed by atoms with Crippen molar-refractivity contribution >= 4 is 15.9 Å². The standard InChI is InChI=1S/C16H20BrNO2/c17-11-5-9-3-4-19-16(9)10(6-11)7-14(18)13-8-12-1-2-15(13)20-12/h5-6,12-15H,1-4,7-8,18H2. The van der Waals surface area contributed by atoms with Gasteiger partial charge in [-0.1, -0.05) is 15.9 Å². The fourth-order valence-electron chi connectivity index (χ4n) is 4.03. The van der Waals surface area contributed by atoms with E-state index in [0.717, 1.165) is 36.1 Å². The van der Waals surface area contributed by atoms with Gasteiger partial charge in [-0.3, -0.25) is 0 Å². The number of benzene rings is 1. The molecule has 2 bridgehead atoms. The molecule has 2 fully saturated rings. The zero-order valence-electron chi connectivity index (χ0n) is 11.5. The third-order valence-electron chi connectivity index (χ3n) is 4.98. The molecule has 2 N–H and O–H groups in total. The van der Waals surface area contributed by atoms with E-state index < -0.39 is 0 Å². The lowest BCUT2D eigenvalue weighted by molar-refractivity contribution is 0.0884. The second kappa shape index (κ2) is 5.00. The SMILES string of the molecule is NC(Cc1cc(Br)cc2c1OCC2)C1CC2CCC1O2. The number of fused-ring (bicyclic) bond motifs is 3. The highest BCUT2D eigenvalue weighted by Gasteiger charge is 2.43. The van der Waals surface area contributed by atoms with Crippen LogP contribution in [0.5, 0.6) is 5.75 Å². The minimum absolute atomic E-state index is 0.174.